The van der Waals surface area contributed by atoms with Gasteiger partial charge in [0.2, 0.25) is 0 Å². The molecule has 30 heavy (non-hydrogen) atoms. The van der Waals surface area contributed by atoms with Crippen LogP contribution in [0.2, 0.25) is 11.1 Å². The summed E-state index contributed by atoms with van der Waals surface area (Å²) in [5.74, 6) is 3.28. The fourth-order valence-electron chi connectivity index (χ4n) is 8.69. The van der Waals surface area contributed by atoms with Gasteiger partial charge in [0.05, 0.1) is 6.10 Å². The first-order valence-corrected chi connectivity index (χ1v) is 14.5. The number of aliphatic hydroxyl groups is 1. The molecule has 3 fully saturated rings. The van der Waals surface area contributed by atoms with E-state index in [0.717, 1.165) is 36.5 Å². The monoisotopic (exact) mass is 431 g/mol. The molecule has 4 aliphatic rings. The minimum atomic E-state index is -0.764. The minimum Gasteiger partial charge on any atom is -0.585 e. The molecule has 0 aliphatic heterocycles. The topological polar surface area (TPSA) is 29.5 Å². The van der Waals surface area contributed by atoms with Crippen molar-refractivity contribution in [3.8, 4) is 0 Å². The molecule has 0 heterocycles. The Labute approximate surface area is 188 Å². The van der Waals surface area contributed by atoms with Crippen molar-refractivity contribution in [2.24, 2.45) is 34.5 Å². The second kappa shape index (κ2) is 8.34. The highest BCUT2D eigenvalue weighted by atomic mass is 28.3. The molecular weight excluding hydrogens is 384 g/mol. The third-order valence-electron chi connectivity index (χ3n) is 10.2. The molecule has 4 aliphatic carbocycles. The smallest absolute Gasteiger partial charge is 0.0577 e. The van der Waals surface area contributed by atoms with Crippen molar-refractivity contribution < 1.29 is 9.53 Å². The van der Waals surface area contributed by atoms with Crippen LogP contribution in [0.5, 0.6) is 0 Å². The van der Waals surface area contributed by atoms with Crippen LogP contribution in [-0.4, -0.2) is 26.4 Å². The van der Waals surface area contributed by atoms with Gasteiger partial charge in [-0.2, -0.15) is 0 Å². The first kappa shape index (κ1) is 23.0. The Morgan fingerprint density at radius 2 is 1.67 bits per heavy atom. The lowest BCUT2D eigenvalue weighted by Crippen LogP contribution is -2.51. The number of aliphatic hydroxyl groups excluding tert-OH is 1. The zero-order chi connectivity index (χ0) is 21.8. The van der Waals surface area contributed by atoms with E-state index in [2.05, 4.69) is 54.5 Å². The number of rotatable bonds is 5. The molecule has 3 saturated carbocycles. The van der Waals surface area contributed by atoms with E-state index < -0.39 is 9.04 Å². The lowest BCUT2D eigenvalue weighted by atomic mass is 9.47. The maximum Gasteiger partial charge on any atom is 0.0577 e. The Hall–Kier alpha value is -0.123. The summed E-state index contributed by atoms with van der Waals surface area (Å²) >= 11 is 0. The van der Waals surface area contributed by atoms with Crippen molar-refractivity contribution in [3.05, 3.63) is 11.6 Å². The molecule has 0 radical (unpaired) electrons. The predicted molar refractivity (Wildman–Crippen MR) is 128 cm³/mol. The Kier molecular flexibility index (Phi) is 6.41. The van der Waals surface area contributed by atoms with E-state index in [1.165, 1.54) is 38.5 Å². The van der Waals surface area contributed by atoms with Gasteiger partial charge in [-0.25, -0.2) is 0 Å². The predicted octanol–water partition coefficient (Wildman–Crippen LogP) is 7.14. The van der Waals surface area contributed by atoms with Crippen molar-refractivity contribution >= 4 is 9.04 Å². The molecule has 0 amide bonds. The highest BCUT2D eigenvalue weighted by Crippen LogP contribution is 2.66. The van der Waals surface area contributed by atoms with Gasteiger partial charge in [0.1, 0.15) is 0 Å². The van der Waals surface area contributed by atoms with Crippen LogP contribution in [0.15, 0.2) is 11.6 Å². The van der Waals surface area contributed by atoms with Crippen molar-refractivity contribution in [1.29, 1.82) is 0 Å². The maximum absolute atomic E-state index is 10.2. The number of fused-ring (bicyclic) bond motifs is 5. The summed E-state index contributed by atoms with van der Waals surface area (Å²) in [4.78, 5) is 0. The second-order valence-electron chi connectivity index (χ2n) is 12.4. The van der Waals surface area contributed by atoms with Crippen LogP contribution in [0.4, 0.5) is 0 Å². The molecule has 1 N–H and O–H groups in total. The van der Waals surface area contributed by atoms with Gasteiger partial charge in [0.25, 0.3) is 0 Å². The average molecular weight is 432 g/mol. The molecule has 2 nitrogen and oxygen atoms in total. The molecule has 4 rings (SSSR count). The van der Waals surface area contributed by atoms with E-state index in [-0.39, 0.29) is 6.10 Å². The number of hydrogen-bond donors (Lipinski definition) is 1. The van der Waals surface area contributed by atoms with Crippen LogP contribution in [0, 0.1) is 34.5 Å². The lowest BCUT2D eigenvalue weighted by molar-refractivity contribution is -0.0650. The van der Waals surface area contributed by atoms with Crippen LogP contribution in [0.3, 0.4) is 0 Å². The minimum absolute atomic E-state index is 0.0958. The number of allylic oxidation sites excluding steroid dienone is 1. The molecule has 0 bridgehead atoms. The third-order valence-corrected chi connectivity index (χ3v) is 13.1. The summed E-state index contributed by atoms with van der Waals surface area (Å²) < 4.78 is 6.89. The molecule has 0 aromatic rings. The molecule has 0 aromatic carbocycles. The largest absolute Gasteiger partial charge is 0.585 e. The van der Waals surface area contributed by atoms with E-state index in [1.54, 1.807) is 5.57 Å². The van der Waals surface area contributed by atoms with Crippen LogP contribution in [0.1, 0.15) is 99.8 Å². The Balaban J connectivity index is 1.53. The van der Waals surface area contributed by atoms with E-state index >= 15 is 0 Å². The van der Waals surface area contributed by atoms with E-state index in [0.29, 0.717) is 28.0 Å². The van der Waals surface area contributed by atoms with E-state index in [4.69, 9.17) is 4.43 Å². The molecule has 0 saturated heterocycles. The van der Waals surface area contributed by atoms with Gasteiger partial charge < -0.3 is 9.53 Å². The Morgan fingerprint density at radius 1 is 0.967 bits per heavy atom. The first-order valence-electron chi connectivity index (χ1n) is 13.0. The van der Waals surface area contributed by atoms with E-state index in [9.17, 15) is 5.11 Å². The standard InChI is InChI=1S/C27H47O2Si/c1-17(2)30(18(3)4)29-19(5)23-10-11-24-22-9-8-20-16-21(28)12-14-26(20,6)25(22)13-15-27(23,24)7/h8,17-19,21-25,28H,9-16H2,1-7H3/q-1/t19-,21+,22+,23-,24+,25+,26+,27-/m1/s1. The highest BCUT2D eigenvalue weighted by molar-refractivity contribution is 6.55. The molecule has 0 aromatic heterocycles. The molecule has 0 unspecified atom stereocenters. The zero-order valence-electron chi connectivity index (χ0n) is 20.7. The zero-order valence-corrected chi connectivity index (χ0v) is 21.7. The van der Waals surface area contributed by atoms with Crippen LogP contribution in [0.25, 0.3) is 0 Å². The van der Waals surface area contributed by atoms with Crippen molar-refractivity contribution in [2.45, 2.75) is 123 Å². The quantitative estimate of drug-likeness (QED) is 0.370. The maximum atomic E-state index is 10.2. The van der Waals surface area contributed by atoms with Gasteiger partial charge in [0, 0.05) is 6.10 Å². The Morgan fingerprint density at radius 3 is 2.33 bits per heavy atom. The van der Waals surface area contributed by atoms with E-state index in [1.807, 2.05) is 0 Å². The Bertz CT molecular complexity index is 649. The fraction of sp³-hybridized carbons (Fsp3) is 0.926. The third kappa shape index (κ3) is 3.69. The van der Waals surface area contributed by atoms with Gasteiger partial charge in [-0.15, -0.1) is 20.1 Å². The number of hydrogen-bond acceptors (Lipinski definition) is 2. The SMILES string of the molecule is CC(C)[Si-](O[C@H](C)[C@H]1CC[C@H]2[C@@H]3CC=C4C[C@@H](O)CC[C@]4(C)[C@H]3CC[C@]12C)C(C)C. The van der Waals surface area contributed by atoms with Crippen LogP contribution >= 0.6 is 0 Å². The normalized spacial score (nSPS) is 44.6. The molecule has 8 atom stereocenters. The second-order valence-corrected chi connectivity index (χ2v) is 15.8. The van der Waals surface area contributed by atoms with Gasteiger partial charge in [-0.1, -0.05) is 53.2 Å². The van der Waals surface area contributed by atoms with Crippen molar-refractivity contribution in [2.75, 3.05) is 0 Å². The summed E-state index contributed by atoms with van der Waals surface area (Å²) in [7, 11) is -0.764. The molecule has 0 spiro atoms. The van der Waals surface area contributed by atoms with Crippen LogP contribution in [-0.2, 0) is 4.43 Å². The van der Waals surface area contributed by atoms with Gasteiger partial charge in [-0.3, -0.25) is 0 Å². The molecule has 172 valence electrons. The fourth-order valence-corrected chi connectivity index (χ4v) is 11.2. The summed E-state index contributed by atoms with van der Waals surface area (Å²) in [6.45, 7) is 17.0. The molecule has 3 heteroatoms. The van der Waals surface area contributed by atoms with Crippen molar-refractivity contribution in [1.82, 2.24) is 0 Å². The first-order chi connectivity index (χ1) is 14.1. The average Bonchev–Trinajstić information content (AvgIpc) is 3.03. The van der Waals surface area contributed by atoms with Crippen molar-refractivity contribution in [3.63, 3.8) is 0 Å². The molecular formula is C27H47O2Si-. The van der Waals surface area contributed by atoms with Crippen LogP contribution < -0.4 is 0 Å². The lowest BCUT2D eigenvalue weighted by Gasteiger charge is -2.58. The summed E-state index contributed by atoms with van der Waals surface area (Å²) in [5.41, 5.74) is 3.77. The van der Waals surface area contributed by atoms with Gasteiger partial charge >= 0.3 is 0 Å². The summed E-state index contributed by atoms with van der Waals surface area (Å²) in [6.07, 6.45) is 12.8. The van der Waals surface area contributed by atoms with Gasteiger partial charge in [-0.05, 0) is 92.8 Å². The highest BCUT2D eigenvalue weighted by Gasteiger charge is 2.59. The summed E-state index contributed by atoms with van der Waals surface area (Å²) in [5, 5.41) is 10.2. The summed E-state index contributed by atoms with van der Waals surface area (Å²) in [6, 6.07) is 0. The van der Waals surface area contributed by atoms with Gasteiger partial charge in [0.15, 0.2) is 0 Å².